The monoisotopic (exact) mass is 253 g/mol. The lowest BCUT2D eigenvalue weighted by Crippen LogP contribution is -2.07. The van der Waals surface area contributed by atoms with Crippen LogP contribution in [0.1, 0.15) is 30.3 Å². The van der Waals surface area contributed by atoms with Crippen molar-refractivity contribution in [3.8, 4) is 0 Å². The molecule has 3 rings (SSSR count). The molecule has 19 heavy (non-hydrogen) atoms. The number of rotatable bonds is 3. The number of para-hydroxylation sites is 1. The lowest BCUT2D eigenvalue weighted by Gasteiger charge is -2.00. The van der Waals surface area contributed by atoms with Crippen molar-refractivity contribution in [3.63, 3.8) is 0 Å². The highest BCUT2D eigenvalue weighted by atomic mass is 15.2. The molecule has 1 atom stereocenters. The van der Waals surface area contributed by atoms with Crippen LogP contribution in [0.15, 0.2) is 36.4 Å². The van der Waals surface area contributed by atoms with Gasteiger partial charge in [0.15, 0.2) is 5.82 Å². The van der Waals surface area contributed by atoms with Gasteiger partial charge in [-0.05, 0) is 19.1 Å². The Bertz CT molecular complexity index is 702. The Morgan fingerprint density at radius 2 is 2.00 bits per heavy atom. The SMILES string of the molecule is CC(N)c1n[nH]c(Cc2ccc3ccccc3n2)n1. The Morgan fingerprint density at radius 3 is 2.79 bits per heavy atom. The molecule has 0 fully saturated rings. The van der Waals surface area contributed by atoms with Crippen LogP contribution in [-0.2, 0) is 6.42 Å². The van der Waals surface area contributed by atoms with Crippen molar-refractivity contribution in [1.82, 2.24) is 20.2 Å². The van der Waals surface area contributed by atoms with Crippen molar-refractivity contribution < 1.29 is 0 Å². The molecule has 3 N–H and O–H groups in total. The van der Waals surface area contributed by atoms with Crippen molar-refractivity contribution in [2.24, 2.45) is 5.73 Å². The molecular formula is C14H15N5. The topological polar surface area (TPSA) is 80.5 Å². The summed E-state index contributed by atoms with van der Waals surface area (Å²) in [6.45, 7) is 1.86. The Hall–Kier alpha value is -2.27. The van der Waals surface area contributed by atoms with E-state index in [0.717, 1.165) is 22.4 Å². The number of H-pyrrole nitrogens is 1. The summed E-state index contributed by atoms with van der Waals surface area (Å²) in [7, 11) is 0. The highest BCUT2D eigenvalue weighted by Gasteiger charge is 2.08. The van der Waals surface area contributed by atoms with Crippen LogP contribution in [0.5, 0.6) is 0 Å². The summed E-state index contributed by atoms with van der Waals surface area (Å²) in [4.78, 5) is 8.96. The zero-order valence-corrected chi connectivity index (χ0v) is 10.7. The molecule has 1 unspecified atom stereocenters. The lowest BCUT2D eigenvalue weighted by molar-refractivity contribution is 0.744. The fraction of sp³-hybridized carbons (Fsp3) is 0.214. The second kappa shape index (κ2) is 4.78. The van der Waals surface area contributed by atoms with E-state index in [-0.39, 0.29) is 6.04 Å². The largest absolute Gasteiger partial charge is 0.321 e. The van der Waals surface area contributed by atoms with E-state index in [2.05, 4.69) is 32.3 Å². The van der Waals surface area contributed by atoms with Gasteiger partial charge < -0.3 is 5.73 Å². The maximum absolute atomic E-state index is 5.73. The van der Waals surface area contributed by atoms with Crippen LogP contribution in [0.4, 0.5) is 0 Å². The summed E-state index contributed by atoms with van der Waals surface area (Å²) in [5.74, 6) is 1.42. The first-order valence-corrected chi connectivity index (χ1v) is 6.24. The zero-order valence-electron chi connectivity index (χ0n) is 10.7. The minimum absolute atomic E-state index is 0.158. The van der Waals surface area contributed by atoms with Gasteiger partial charge >= 0.3 is 0 Å². The zero-order chi connectivity index (χ0) is 13.2. The normalized spacial score (nSPS) is 12.7. The lowest BCUT2D eigenvalue weighted by atomic mass is 10.2. The average molecular weight is 253 g/mol. The molecule has 0 spiro atoms. The van der Waals surface area contributed by atoms with Crippen molar-refractivity contribution in [2.45, 2.75) is 19.4 Å². The van der Waals surface area contributed by atoms with E-state index in [0.29, 0.717) is 12.2 Å². The Labute approximate surface area is 110 Å². The van der Waals surface area contributed by atoms with E-state index in [9.17, 15) is 0 Å². The number of benzene rings is 1. The molecular weight excluding hydrogens is 238 g/mol. The van der Waals surface area contributed by atoms with Crippen LogP contribution in [0.25, 0.3) is 10.9 Å². The number of nitrogens with one attached hydrogen (secondary N) is 1. The number of fused-ring (bicyclic) bond motifs is 1. The molecule has 0 bridgehead atoms. The number of aromatic amines is 1. The van der Waals surface area contributed by atoms with Crippen LogP contribution in [0.3, 0.4) is 0 Å². The molecule has 5 nitrogen and oxygen atoms in total. The number of hydrogen-bond acceptors (Lipinski definition) is 4. The first kappa shape index (κ1) is 11.8. The van der Waals surface area contributed by atoms with Gasteiger partial charge in [-0.3, -0.25) is 10.1 Å². The van der Waals surface area contributed by atoms with Crippen molar-refractivity contribution in [3.05, 3.63) is 53.7 Å². The van der Waals surface area contributed by atoms with Gasteiger partial charge in [0.1, 0.15) is 5.82 Å². The summed E-state index contributed by atoms with van der Waals surface area (Å²) >= 11 is 0. The van der Waals surface area contributed by atoms with E-state index in [1.54, 1.807) is 0 Å². The van der Waals surface area contributed by atoms with E-state index in [1.165, 1.54) is 0 Å². The van der Waals surface area contributed by atoms with Crippen LogP contribution < -0.4 is 5.73 Å². The third-order valence-electron chi connectivity index (χ3n) is 2.96. The standard InChI is InChI=1S/C14H15N5/c1-9(15)14-17-13(18-19-14)8-11-7-6-10-4-2-3-5-12(10)16-11/h2-7,9H,8,15H2,1H3,(H,17,18,19). The summed E-state index contributed by atoms with van der Waals surface area (Å²) < 4.78 is 0. The third-order valence-corrected chi connectivity index (χ3v) is 2.96. The first-order chi connectivity index (χ1) is 9.22. The quantitative estimate of drug-likeness (QED) is 0.747. The second-order valence-corrected chi connectivity index (χ2v) is 4.60. The molecule has 0 aliphatic heterocycles. The molecule has 0 amide bonds. The molecule has 5 heteroatoms. The van der Waals surface area contributed by atoms with Crippen LogP contribution in [0, 0.1) is 0 Å². The van der Waals surface area contributed by atoms with Crippen LogP contribution >= 0.6 is 0 Å². The van der Waals surface area contributed by atoms with E-state index >= 15 is 0 Å². The molecule has 3 aromatic rings. The highest BCUT2D eigenvalue weighted by Crippen LogP contribution is 2.13. The Balaban J connectivity index is 1.87. The van der Waals surface area contributed by atoms with Gasteiger partial charge in [-0.25, -0.2) is 4.98 Å². The van der Waals surface area contributed by atoms with E-state index in [1.807, 2.05) is 31.2 Å². The summed E-state index contributed by atoms with van der Waals surface area (Å²) in [5.41, 5.74) is 7.69. The van der Waals surface area contributed by atoms with Gasteiger partial charge in [-0.1, -0.05) is 24.3 Å². The molecule has 0 radical (unpaired) electrons. The highest BCUT2D eigenvalue weighted by molar-refractivity contribution is 5.78. The molecule has 0 saturated carbocycles. The molecule has 2 aromatic heterocycles. The minimum atomic E-state index is -0.158. The van der Waals surface area contributed by atoms with Gasteiger partial charge in [-0.15, -0.1) is 0 Å². The van der Waals surface area contributed by atoms with E-state index in [4.69, 9.17) is 5.73 Å². The van der Waals surface area contributed by atoms with Gasteiger partial charge in [-0.2, -0.15) is 5.10 Å². The van der Waals surface area contributed by atoms with Gasteiger partial charge in [0.2, 0.25) is 0 Å². The molecule has 0 aliphatic rings. The molecule has 2 heterocycles. The maximum atomic E-state index is 5.73. The predicted molar refractivity (Wildman–Crippen MR) is 73.5 cm³/mol. The molecule has 96 valence electrons. The third kappa shape index (κ3) is 2.46. The smallest absolute Gasteiger partial charge is 0.167 e. The number of nitrogens with two attached hydrogens (primary N) is 1. The van der Waals surface area contributed by atoms with Crippen molar-refractivity contribution in [2.75, 3.05) is 0 Å². The summed E-state index contributed by atoms with van der Waals surface area (Å²) in [6, 6.07) is 12.0. The number of nitrogens with zero attached hydrogens (tertiary/aromatic N) is 3. The Morgan fingerprint density at radius 1 is 1.16 bits per heavy atom. The summed E-state index contributed by atoms with van der Waals surface area (Å²) in [5, 5.41) is 8.13. The molecule has 0 aliphatic carbocycles. The van der Waals surface area contributed by atoms with Gasteiger partial charge in [0.05, 0.1) is 11.6 Å². The van der Waals surface area contributed by atoms with Crippen LogP contribution in [-0.4, -0.2) is 20.2 Å². The minimum Gasteiger partial charge on any atom is -0.321 e. The number of aromatic nitrogens is 4. The number of hydrogen-bond donors (Lipinski definition) is 2. The fourth-order valence-electron chi connectivity index (χ4n) is 1.97. The first-order valence-electron chi connectivity index (χ1n) is 6.24. The van der Waals surface area contributed by atoms with Crippen LogP contribution in [0.2, 0.25) is 0 Å². The van der Waals surface area contributed by atoms with Crippen molar-refractivity contribution in [1.29, 1.82) is 0 Å². The fourth-order valence-corrected chi connectivity index (χ4v) is 1.97. The second-order valence-electron chi connectivity index (χ2n) is 4.60. The average Bonchev–Trinajstić information content (AvgIpc) is 2.87. The van der Waals surface area contributed by atoms with Gasteiger partial charge in [0, 0.05) is 17.5 Å². The maximum Gasteiger partial charge on any atom is 0.167 e. The predicted octanol–water partition coefficient (Wildman–Crippen LogP) is 1.96. The van der Waals surface area contributed by atoms with Gasteiger partial charge in [0.25, 0.3) is 0 Å². The number of pyridine rings is 1. The van der Waals surface area contributed by atoms with E-state index < -0.39 is 0 Å². The summed E-state index contributed by atoms with van der Waals surface area (Å²) in [6.07, 6.45) is 0.630. The van der Waals surface area contributed by atoms with Crippen molar-refractivity contribution >= 4 is 10.9 Å². The Kier molecular flexibility index (Phi) is 2.97. The molecule has 1 aromatic carbocycles. The molecule has 0 saturated heterocycles.